The number of hydrogen-bond donors (Lipinski definition) is 2. The van der Waals surface area contributed by atoms with Crippen LogP contribution >= 0.6 is 11.8 Å². The number of nitrogens with two attached hydrogens (primary N) is 1. The topological polar surface area (TPSA) is 59.1 Å². The molecule has 0 bridgehead atoms. The third-order valence-electron chi connectivity index (χ3n) is 1.95. The molecule has 0 saturated heterocycles. The maximum atomic E-state index is 8.85. The molecule has 3 N–H and O–H groups in total. The summed E-state index contributed by atoms with van der Waals surface area (Å²) >= 11 is 1.62. The molecule has 0 saturated carbocycles. The summed E-state index contributed by atoms with van der Waals surface area (Å²) in [5.74, 6) is 1.16. The molecule has 1 rings (SSSR count). The quantitative estimate of drug-likeness (QED) is 0.746. The van der Waals surface area contributed by atoms with Crippen molar-refractivity contribution in [3.05, 3.63) is 17.8 Å². The standard InChI is InChI=1S/C10H16N2OS/c1-7(5-13)6-14-10-3-9(11)8(2)4-12-10/h3-4,7,13H,5-6H2,1-2H3,(H2,11,12). The molecule has 0 radical (unpaired) electrons. The van der Waals surface area contributed by atoms with Gasteiger partial charge in [-0.15, -0.1) is 11.8 Å². The first kappa shape index (κ1) is 11.3. The van der Waals surface area contributed by atoms with Crippen molar-refractivity contribution in [2.45, 2.75) is 18.9 Å². The predicted molar refractivity (Wildman–Crippen MR) is 60.4 cm³/mol. The summed E-state index contributed by atoms with van der Waals surface area (Å²) in [4.78, 5) is 4.25. The highest BCUT2D eigenvalue weighted by molar-refractivity contribution is 7.99. The lowest BCUT2D eigenvalue weighted by molar-refractivity contribution is 0.250. The molecule has 1 atom stereocenters. The van der Waals surface area contributed by atoms with E-state index in [4.69, 9.17) is 10.8 Å². The third-order valence-corrected chi connectivity index (χ3v) is 3.20. The molecular weight excluding hydrogens is 196 g/mol. The van der Waals surface area contributed by atoms with Gasteiger partial charge in [0.2, 0.25) is 0 Å². The van der Waals surface area contributed by atoms with Crippen molar-refractivity contribution >= 4 is 17.4 Å². The highest BCUT2D eigenvalue weighted by Crippen LogP contribution is 2.21. The Morgan fingerprint density at radius 3 is 2.93 bits per heavy atom. The molecule has 1 aromatic rings. The zero-order valence-corrected chi connectivity index (χ0v) is 9.34. The maximum Gasteiger partial charge on any atom is 0.0980 e. The van der Waals surface area contributed by atoms with Crippen molar-refractivity contribution < 1.29 is 5.11 Å². The number of pyridine rings is 1. The van der Waals surface area contributed by atoms with Gasteiger partial charge in [0.05, 0.1) is 5.03 Å². The Bertz CT molecular complexity index is 304. The van der Waals surface area contributed by atoms with Crippen LogP contribution in [0, 0.1) is 12.8 Å². The lowest BCUT2D eigenvalue weighted by Gasteiger charge is -2.07. The largest absolute Gasteiger partial charge is 0.398 e. The van der Waals surface area contributed by atoms with Gasteiger partial charge in [-0.25, -0.2) is 4.98 Å². The molecule has 1 aromatic heterocycles. The van der Waals surface area contributed by atoms with Gasteiger partial charge in [-0.3, -0.25) is 0 Å². The lowest BCUT2D eigenvalue weighted by Crippen LogP contribution is -2.03. The van der Waals surface area contributed by atoms with Gasteiger partial charge in [0.15, 0.2) is 0 Å². The molecule has 1 unspecified atom stereocenters. The van der Waals surface area contributed by atoms with Crippen LogP contribution in [0.2, 0.25) is 0 Å². The average Bonchev–Trinajstić information content (AvgIpc) is 2.19. The molecule has 1 heterocycles. The van der Waals surface area contributed by atoms with Crippen LogP contribution in [0.15, 0.2) is 17.3 Å². The van der Waals surface area contributed by atoms with E-state index >= 15 is 0 Å². The number of anilines is 1. The van der Waals surface area contributed by atoms with Crippen LogP contribution in [0.4, 0.5) is 5.69 Å². The molecule has 14 heavy (non-hydrogen) atoms. The number of thioether (sulfide) groups is 1. The van der Waals surface area contributed by atoms with E-state index in [0.717, 1.165) is 22.0 Å². The minimum absolute atomic E-state index is 0.217. The number of rotatable bonds is 4. The van der Waals surface area contributed by atoms with E-state index in [9.17, 15) is 0 Å². The van der Waals surface area contributed by atoms with Gasteiger partial charge in [-0.05, 0) is 24.5 Å². The Morgan fingerprint density at radius 2 is 2.36 bits per heavy atom. The van der Waals surface area contributed by atoms with Crippen molar-refractivity contribution in [2.24, 2.45) is 5.92 Å². The van der Waals surface area contributed by atoms with Crippen LogP contribution in [0.5, 0.6) is 0 Å². The van der Waals surface area contributed by atoms with E-state index < -0.39 is 0 Å². The fraction of sp³-hybridized carbons (Fsp3) is 0.500. The second-order valence-electron chi connectivity index (χ2n) is 3.48. The molecule has 3 nitrogen and oxygen atoms in total. The van der Waals surface area contributed by atoms with E-state index in [0.29, 0.717) is 5.92 Å². The van der Waals surface area contributed by atoms with Crippen molar-refractivity contribution in [1.29, 1.82) is 0 Å². The number of aliphatic hydroxyl groups is 1. The van der Waals surface area contributed by atoms with Gasteiger partial charge in [0, 0.05) is 24.2 Å². The van der Waals surface area contributed by atoms with Gasteiger partial charge in [0.25, 0.3) is 0 Å². The summed E-state index contributed by atoms with van der Waals surface area (Å²) in [6.45, 7) is 4.16. The second kappa shape index (κ2) is 5.22. The highest BCUT2D eigenvalue weighted by Gasteiger charge is 2.03. The molecule has 4 heteroatoms. The van der Waals surface area contributed by atoms with Gasteiger partial charge in [0.1, 0.15) is 0 Å². The van der Waals surface area contributed by atoms with Crippen LogP contribution in [-0.4, -0.2) is 22.5 Å². The minimum Gasteiger partial charge on any atom is -0.398 e. The molecule has 0 aliphatic carbocycles. The van der Waals surface area contributed by atoms with E-state index in [2.05, 4.69) is 4.98 Å². The van der Waals surface area contributed by atoms with Gasteiger partial charge in [-0.2, -0.15) is 0 Å². The second-order valence-corrected chi connectivity index (χ2v) is 4.52. The van der Waals surface area contributed by atoms with Crippen molar-refractivity contribution in [2.75, 3.05) is 18.1 Å². The third kappa shape index (κ3) is 3.20. The number of aliphatic hydroxyl groups excluding tert-OH is 1. The Balaban J connectivity index is 2.55. The van der Waals surface area contributed by atoms with Gasteiger partial charge in [-0.1, -0.05) is 6.92 Å². The monoisotopic (exact) mass is 212 g/mol. The van der Waals surface area contributed by atoms with Crippen LogP contribution in [-0.2, 0) is 0 Å². The number of nitrogen functional groups attached to an aromatic ring is 1. The minimum atomic E-state index is 0.217. The summed E-state index contributed by atoms with van der Waals surface area (Å²) in [7, 11) is 0. The normalized spacial score (nSPS) is 12.8. The lowest BCUT2D eigenvalue weighted by atomic mass is 10.2. The summed E-state index contributed by atoms with van der Waals surface area (Å²) < 4.78 is 0. The first-order valence-electron chi connectivity index (χ1n) is 4.59. The fourth-order valence-electron chi connectivity index (χ4n) is 0.878. The van der Waals surface area contributed by atoms with Crippen LogP contribution in [0.25, 0.3) is 0 Å². The first-order chi connectivity index (χ1) is 6.63. The van der Waals surface area contributed by atoms with Crippen LogP contribution in [0.3, 0.4) is 0 Å². The van der Waals surface area contributed by atoms with Crippen LogP contribution in [0.1, 0.15) is 12.5 Å². The number of hydrogen-bond acceptors (Lipinski definition) is 4. The summed E-state index contributed by atoms with van der Waals surface area (Å²) in [6, 6.07) is 1.88. The zero-order chi connectivity index (χ0) is 10.6. The Morgan fingerprint density at radius 1 is 1.64 bits per heavy atom. The molecule has 0 fully saturated rings. The summed E-state index contributed by atoms with van der Waals surface area (Å²) in [6.07, 6.45) is 1.78. The summed E-state index contributed by atoms with van der Waals surface area (Å²) in [5, 5.41) is 9.78. The van der Waals surface area contributed by atoms with Crippen LogP contribution < -0.4 is 5.73 Å². The van der Waals surface area contributed by atoms with Crippen molar-refractivity contribution in [1.82, 2.24) is 4.98 Å². The molecule has 0 aliphatic rings. The van der Waals surface area contributed by atoms with E-state index in [-0.39, 0.29) is 6.61 Å². The smallest absolute Gasteiger partial charge is 0.0980 e. The molecule has 78 valence electrons. The molecule has 0 spiro atoms. The number of aryl methyl sites for hydroxylation is 1. The molecule has 0 aromatic carbocycles. The van der Waals surface area contributed by atoms with E-state index in [1.807, 2.05) is 19.9 Å². The zero-order valence-electron chi connectivity index (χ0n) is 8.53. The average molecular weight is 212 g/mol. The molecule has 0 aliphatic heterocycles. The van der Waals surface area contributed by atoms with Gasteiger partial charge >= 0.3 is 0 Å². The Labute approximate surface area is 88.7 Å². The number of aromatic nitrogens is 1. The predicted octanol–water partition coefficient (Wildman–Crippen LogP) is 1.69. The van der Waals surface area contributed by atoms with Crippen molar-refractivity contribution in [3.8, 4) is 0 Å². The molecule has 0 amide bonds. The molecular formula is C10H16N2OS. The van der Waals surface area contributed by atoms with E-state index in [1.54, 1.807) is 18.0 Å². The summed E-state index contributed by atoms with van der Waals surface area (Å²) in [5.41, 5.74) is 7.54. The maximum absolute atomic E-state index is 8.85. The number of nitrogens with zero attached hydrogens (tertiary/aromatic N) is 1. The first-order valence-corrected chi connectivity index (χ1v) is 5.57. The fourth-order valence-corrected chi connectivity index (χ4v) is 1.78. The van der Waals surface area contributed by atoms with E-state index in [1.165, 1.54) is 0 Å². The van der Waals surface area contributed by atoms with Crippen molar-refractivity contribution in [3.63, 3.8) is 0 Å². The Kier molecular flexibility index (Phi) is 4.22. The Hall–Kier alpha value is -0.740. The van der Waals surface area contributed by atoms with Gasteiger partial charge < -0.3 is 10.8 Å². The SMILES string of the molecule is Cc1cnc(SCC(C)CO)cc1N. The highest BCUT2D eigenvalue weighted by atomic mass is 32.2.